The summed E-state index contributed by atoms with van der Waals surface area (Å²) in [6.45, 7) is 1.93. The van der Waals surface area contributed by atoms with Crippen LogP contribution in [0.2, 0.25) is 0 Å². The third kappa shape index (κ3) is 2.55. The van der Waals surface area contributed by atoms with Crippen LogP contribution in [-0.4, -0.2) is 0 Å². The van der Waals surface area contributed by atoms with Crippen molar-refractivity contribution < 1.29 is 8.78 Å². The number of nitrogen functional groups attached to an aromatic ring is 1. The maximum atomic E-state index is 13.3. The summed E-state index contributed by atoms with van der Waals surface area (Å²) in [5, 5.41) is 2.95. The molecule has 0 atom stereocenters. The number of halogens is 3. The first-order chi connectivity index (χ1) is 8.49. The van der Waals surface area contributed by atoms with Crippen molar-refractivity contribution in [3.8, 4) is 0 Å². The van der Waals surface area contributed by atoms with Crippen LogP contribution in [0.5, 0.6) is 0 Å². The lowest BCUT2D eigenvalue weighted by Crippen LogP contribution is -2.01. The van der Waals surface area contributed by atoms with Crippen molar-refractivity contribution in [2.45, 2.75) is 6.92 Å². The summed E-state index contributed by atoms with van der Waals surface area (Å²) in [7, 11) is 0. The lowest BCUT2D eigenvalue weighted by Gasteiger charge is -2.13. The molecule has 0 fully saturated rings. The first kappa shape index (κ1) is 13.1. The lowest BCUT2D eigenvalue weighted by atomic mass is 10.2. The van der Waals surface area contributed by atoms with Gasteiger partial charge in [-0.15, -0.1) is 0 Å². The van der Waals surface area contributed by atoms with Gasteiger partial charge in [0, 0.05) is 15.3 Å². The molecule has 0 radical (unpaired) electrons. The second-order valence-electron chi connectivity index (χ2n) is 3.89. The molecule has 0 saturated carbocycles. The number of rotatable bonds is 2. The minimum atomic E-state index is -0.763. The fraction of sp³-hybridized carbons (Fsp3) is 0.0769. The van der Waals surface area contributed by atoms with Gasteiger partial charge in [0.05, 0.1) is 11.4 Å². The van der Waals surface area contributed by atoms with Gasteiger partial charge in [-0.25, -0.2) is 8.78 Å². The van der Waals surface area contributed by atoms with Gasteiger partial charge in [0.25, 0.3) is 0 Å². The van der Waals surface area contributed by atoms with E-state index in [-0.39, 0.29) is 11.4 Å². The third-order valence-corrected chi connectivity index (χ3v) is 3.80. The van der Waals surface area contributed by atoms with Crippen molar-refractivity contribution >= 4 is 39.7 Å². The van der Waals surface area contributed by atoms with Crippen LogP contribution in [0.1, 0.15) is 5.56 Å². The smallest absolute Gasteiger partial charge is 0.151 e. The van der Waals surface area contributed by atoms with E-state index >= 15 is 0 Å². The molecule has 0 spiro atoms. The van der Waals surface area contributed by atoms with Crippen LogP contribution >= 0.6 is 22.6 Å². The largest absolute Gasteiger partial charge is 0.395 e. The zero-order chi connectivity index (χ0) is 13.3. The number of anilines is 3. The van der Waals surface area contributed by atoms with E-state index in [1.54, 1.807) is 0 Å². The van der Waals surface area contributed by atoms with Crippen molar-refractivity contribution in [2.24, 2.45) is 0 Å². The van der Waals surface area contributed by atoms with E-state index in [0.717, 1.165) is 20.9 Å². The molecule has 0 amide bonds. The second kappa shape index (κ2) is 5.09. The van der Waals surface area contributed by atoms with Crippen molar-refractivity contribution in [2.75, 3.05) is 11.1 Å². The van der Waals surface area contributed by atoms with Gasteiger partial charge < -0.3 is 11.1 Å². The fourth-order valence-electron chi connectivity index (χ4n) is 1.58. The van der Waals surface area contributed by atoms with E-state index in [9.17, 15) is 8.78 Å². The van der Waals surface area contributed by atoms with Crippen LogP contribution in [0, 0.1) is 22.1 Å². The average molecular weight is 360 g/mol. The number of nitrogens with one attached hydrogen (secondary N) is 1. The van der Waals surface area contributed by atoms with E-state index in [1.165, 1.54) is 6.07 Å². The Morgan fingerprint density at radius 2 is 1.89 bits per heavy atom. The highest BCUT2D eigenvalue weighted by molar-refractivity contribution is 14.1. The van der Waals surface area contributed by atoms with Gasteiger partial charge in [-0.3, -0.25) is 0 Å². The molecule has 2 aromatic carbocycles. The van der Waals surface area contributed by atoms with Crippen molar-refractivity contribution in [3.05, 3.63) is 51.1 Å². The Hall–Kier alpha value is -1.37. The molecule has 0 heterocycles. The van der Waals surface area contributed by atoms with Crippen molar-refractivity contribution in [1.82, 2.24) is 0 Å². The standard InChI is InChI=1S/C13H11F2IN2/c1-7-10(16)3-2-4-11(7)18-12-6-8(14)5-9(15)13(12)17/h2-6,18H,17H2,1H3. The number of nitrogens with two attached hydrogens (primary N) is 1. The lowest BCUT2D eigenvalue weighted by molar-refractivity contribution is 0.587. The van der Waals surface area contributed by atoms with E-state index in [1.807, 2.05) is 25.1 Å². The van der Waals surface area contributed by atoms with Crippen LogP contribution in [0.15, 0.2) is 30.3 Å². The Balaban J connectivity index is 2.43. The van der Waals surface area contributed by atoms with Gasteiger partial charge >= 0.3 is 0 Å². The van der Waals surface area contributed by atoms with Gasteiger partial charge in [0.1, 0.15) is 5.82 Å². The Bertz CT molecular complexity index is 600. The Morgan fingerprint density at radius 1 is 1.17 bits per heavy atom. The van der Waals surface area contributed by atoms with E-state index in [4.69, 9.17) is 5.73 Å². The molecule has 0 aromatic heterocycles. The van der Waals surface area contributed by atoms with Crippen molar-refractivity contribution in [1.29, 1.82) is 0 Å². The highest BCUT2D eigenvalue weighted by Gasteiger charge is 2.10. The molecule has 0 unspecified atom stereocenters. The number of hydrogen-bond donors (Lipinski definition) is 2. The van der Waals surface area contributed by atoms with E-state index in [2.05, 4.69) is 27.9 Å². The summed E-state index contributed by atoms with van der Waals surface area (Å²) in [6.07, 6.45) is 0. The third-order valence-electron chi connectivity index (χ3n) is 2.63. The number of hydrogen-bond acceptors (Lipinski definition) is 2. The van der Waals surface area contributed by atoms with E-state index in [0.29, 0.717) is 0 Å². The summed E-state index contributed by atoms with van der Waals surface area (Å²) in [5.74, 6) is -1.42. The molecule has 3 N–H and O–H groups in total. The van der Waals surface area contributed by atoms with Crippen LogP contribution in [0.25, 0.3) is 0 Å². The minimum Gasteiger partial charge on any atom is -0.395 e. The topological polar surface area (TPSA) is 38.0 Å². The summed E-state index contributed by atoms with van der Waals surface area (Å²) < 4.78 is 27.5. The zero-order valence-electron chi connectivity index (χ0n) is 9.60. The Kier molecular flexibility index (Phi) is 3.70. The van der Waals surface area contributed by atoms with Crippen LogP contribution < -0.4 is 11.1 Å². The molecule has 18 heavy (non-hydrogen) atoms. The van der Waals surface area contributed by atoms with Crippen molar-refractivity contribution in [3.63, 3.8) is 0 Å². The van der Waals surface area contributed by atoms with Gasteiger partial charge in [-0.2, -0.15) is 0 Å². The first-order valence-corrected chi connectivity index (χ1v) is 6.33. The molecule has 5 heteroatoms. The molecule has 0 saturated heterocycles. The van der Waals surface area contributed by atoms with Gasteiger partial charge in [-0.05, 0) is 53.3 Å². The SMILES string of the molecule is Cc1c(I)cccc1Nc1cc(F)cc(F)c1N. The molecule has 94 valence electrons. The zero-order valence-corrected chi connectivity index (χ0v) is 11.8. The highest BCUT2D eigenvalue weighted by Crippen LogP contribution is 2.29. The Morgan fingerprint density at radius 3 is 2.61 bits per heavy atom. The molecule has 0 aliphatic rings. The fourth-order valence-corrected chi connectivity index (χ4v) is 2.07. The summed E-state index contributed by atoms with van der Waals surface area (Å²) in [5.41, 5.74) is 7.51. The van der Waals surface area contributed by atoms with Crippen LogP contribution in [-0.2, 0) is 0 Å². The molecule has 2 aromatic rings. The number of benzene rings is 2. The highest BCUT2D eigenvalue weighted by atomic mass is 127. The molecule has 0 aliphatic carbocycles. The second-order valence-corrected chi connectivity index (χ2v) is 5.05. The first-order valence-electron chi connectivity index (χ1n) is 5.25. The van der Waals surface area contributed by atoms with Crippen LogP contribution in [0.3, 0.4) is 0 Å². The van der Waals surface area contributed by atoms with Crippen LogP contribution in [0.4, 0.5) is 25.8 Å². The molecule has 0 bridgehead atoms. The molecule has 2 nitrogen and oxygen atoms in total. The van der Waals surface area contributed by atoms with E-state index < -0.39 is 11.6 Å². The molecule has 0 aliphatic heterocycles. The maximum absolute atomic E-state index is 13.3. The minimum absolute atomic E-state index is 0.0883. The monoisotopic (exact) mass is 360 g/mol. The van der Waals surface area contributed by atoms with Gasteiger partial charge in [-0.1, -0.05) is 6.07 Å². The summed E-state index contributed by atoms with van der Waals surface area (Å²) in [4.78, 5) is 0. The predicted molar refractivity (Wildman–Crippen MR) is 77.9 cm³/mol. The summed E-state index contributed by atoms with van der Waals surface area (Å²) in [6, 6.07) is 7.60. The Labute approximate surface area is 117 Å². The summed E-state index contributed by atoms with van der Waals surface area (Å²) >= 11 is 2.20. The van der Waals surface area contributed by atoms with Gasteiger partial charge in [0.2, 0.25) is 0 Å². The van der Waals surface area contributed by atoms with Gasteiger partial charge in [0.15, 0.2) is 5.82 Å². The quantitative estimate of drug-likeness (QED) is 0.622. The molecular weight excluding hydrogens is 349 g/mol. The molecule has 2 rings (SSSR count). The maximum Gasteiger partial charge on any atom is 0.151 e. The molecular formula is C13H11F2IN2. The predicted octanol–water partition coefficient (Wildman–Crippen LogP) is 4.20. The normalized spacial score (nSPS) is 10.4. The average Bonchev–Trinajstić information content (AvgIpc) is 2.31.